The molecule has 0 bridgehead atoms. The van der Waals surface area contributed by atoms with Crippen LogP contribution in [0.3, 0.4) is 0 Å². The molecule has 1 saturated heterocycles. The van der Waals surface area contributed by atoms with Gasteiger partial charge in [-0.1, -0.05) is 37.3 Å². The first-order valence-corrected chi connectivity index (χ1v) is 10.3. The quantitative estimate of drug-likeness (QED) is 0.268. The maximum Gasteiger partial charge on any atom is 0.401 e. The van der Waals surface area contributed by atoms with Crippen molar-refractivity contribution in [2.45, 2.75) is 33.1 Å². The predicted molar refractivity (Wildman–Crippen MR) is 125 cm³/mol. The van der Waals surface area contributed by atoms with Crippen LogP contribution in [-0.4, -0.2) is 62.9 Å². The largest absolute Gasteiger partial charge is 0.401 e. The highest BCUT2D eigenvalue weighted by molar-refractivity contribution is 14.0. The number of hydrogen-bond donors (Lipinski definition) is 2. The molecule has 1 aliphatic rings. The van der Waals surface area contributed by atoms with Gasteiger partial charge in [0.05, 0.1) is 19.8 Å². The maximum atomic E-state index is 12.5. The molecule has 2 rings (SSSR count). The molecule has 1 heterocycles. The molecule has 0 aromatic heterocycles. The smallest absolute Gasteiger partial charge is 0.376 e. The fourth-order valence-electron chi connectivity index (χ4n) is 3.31. The number of alkyl halides is 3. The summed E-state index contributed by atoms with van der Waals surface area (Å²) in [5.41, 5.74) is 1.15. The molecule has 0 aliphatic carbocycles. The Morgan fingerprint density at radius 3 is 2.67 bits per heavy atom. The highest BCUT2D eigenvalue weighted by atomic mass is 127. The number of likely N-dealkylation sites (tertiary alicyclic amines) is 1. The van der Waals surface area contributed by atoms with Gasteiger partial charge >= 0.3 is 6.18 Å². The van der Waals surface area contributed by atoms with Crippen LogP contribution in [0.15, 0.2) is 35.3 Å². The predicted octanol–water partition coefficient (Wildman–Crippen LogP) is 3.90. The Morgan fingerprint density at radius 2 is 2.00 bits per heavy atom. The monoisotopic (exact) mass is 542 g/mol. The molecule has 1 aliphatic heterocycles. The zero-order valence-corrected chi connectivity index (χ0v) is 20.1. The molecule has 172 valence electrons. The van der Waals surface area contributed by atoms with E-state index < -0.39 is 12.7 Å². The topological polar surface area (TPSA) is 48.9 Å². The average Bonchev–Trinajstić information content (AvgIpc) is 3.10. The zero-order valence-electron chi connectivity index (χ0n) is 17.8. The summed E-state index contributed by atoms with van der Waals surface area (Å²) in [6.07, 6.45) is -3.36. The number of ether oxygens (including phenoxy) is 1. The van der Waals surface area contributed by atoms with Crippen molar-refractivity contribution < 1.29 is 17.9 Å². The van der Waals surface area contributed by atoms with Crippen molar-refractivity contribution in [3.63, 3.8) is 0 Å². The van der Waals surface area contributed by atoms with E-state index in [0.717, 1.165) is 18.5 Å². The highest BCUT2D eigenvalue weighted by Gasteiger charge is 2.34. The van der Waals surface area contributed by atoms with E-state index in [2.05, 4.69) is 22.5 Å². The van der Waals surface area contributed by atoms with Gasteiger partial charge in [0, 0.05) is 26.2 Å². The van der Waals surface area contributed by atoms with Crippen molar-refractivity contribution >= 4 is 29.9 Å². The van der Waals surface area contributed by atoms with Crippen LogP contribution >= 0.6 is 24.0 Å². The van der Waals surface area contributed by atoms with Gasteiger partial charge in [0.1, 0.15) is 0 Å². The Morgan fingerprint density at radius 1 is 1.27 bits per heavy atom. The van der Waals surface area contributed by atoms with Gasteiger partial charge in [0.15, 0.2) is 5.96 Å². The van der Waals surface area contributed by atoms with Crippen LogP contribution in [-0.2, 0) is 11.3 Å². The third kappa shape index (κ3) is 11.4. The molecule has 0 spiro atoms. The van der Waals surface area contributed by atoms with Gasteiger partial charge < -0.3 is 15.4 Å². The van der Waals surface area contributed by atoms with E-state index >= 15 is 0 Å². The summed E-state index contributed by atoms with van der Waals surface area (Å²) in [6.45, 7) is 7.40. The van der Waals surface area contributed by atoms with Crippen molar-refractivity contribution in [1.82, 2.24) is 15.5 Å². The second-order valence-electron chi connectivity index (χ2n) is 7.71. The summed E-state index contributed by atoms with van der Waals surface area (Å²) >= 11 is 0. The lowest BCUT2D eigenvalue weighted by Crippen LogP contribution is -2.41. The van der Waals surface area contributed by atoms with Crippen molar-refractivity contribution in [3.05, 3.63) is 35.9 Å². The first kappa shape index (κ1) is 27.0. The molecule has 2 unspecified atom stereocenters. The zero-order chi connectivity index (χ0) is 21.1. The summed E-state index contributed by atoms with van der Waals surface area (Å²) in [5, 5.41) is 6.47. The Balaban J connectivity index is 0.00000450. The Kier molecular flexibility index (Phi) is 12.7. The second kappa shape index (κ2) is 14.1. The lowest BCUT2D eigenvalue weighted by molar-refractivity contribution is -0.143. The summed E-state index contributed by atoms with van der Waals surface area (Å²) in [5.74, 6) is 1.17. The van der Waals surface area contributed by atoms with E-state index in [1.165, 1.54) is 4.90 Å². The molecule has 0 amide bonds. The third-order valence-electron chi connectivity index (χ3n) is 4.75. The number of halogens is 4. The summed E-state index contributed by atoms with van der Waals surface area (Å²) in [6, 6.07) is 10.0. The average molecular weight is 542 g/mol. The minimum atomic E-state index is -4.13. The third-order valence-corrected chi connectivity index (χ3v) is 4.75. The van der Waals surface area contributed by atoms with Gasteiger partial charge in [-0.3, -0.25) is 9.89 Å². The van der Waals surface area contributed by atoms with Crippen molar-refractivity contribution in [2.75, 3.05) is 45.9 Å². The number of guanidine groups is 1. The molecular weight excluding hydrogens is 508 g/mol. The fourth-order valence-corrected chi connectivity index (χ4v) is 3.31. The number of hydrogen-bond acceptors (Lipinski definition) is 3. The van der Waals surface area contributed by atoms with Crippen LogP contribution in [0.2, 0.25) is 0 Å². The normalized spacial score (nSPS) is 18.7. The van der Waals surface area contributed by atoms with Gasteiger partial charge in [0.25, 0.3) is 0 Å². The van der Waals surface area contributed by atoms with Gasteiger partial charge in [-0.2, -0.15) is 13.2 Å². The van der Waals surface area contributed by atoms with Crippen LogP contribution in [0.4, 0.5) is 13.2 Å². The minimum Gasteiger partial charge on any atom is -0.376 e. The molecule has 0 radical (unpaired) electrons. The molecule has 2 atom stereocenters. The molecule has 5 nitrogen and oxygen atoms in total. The number of aliphatic imine (C=N–C) groups is 1. The molecule has 9 heteroatoms. The van der Waals surface area contributed by atoms with E-state index in [9.17, 15) is 13.2 Å². The summed E-state index contributed by atoms with van der Waals surface area (Å²) < 4.78 is 43.3. The van der Waals surface area contributed by atoms with Crippen LogP contribution in [0.25, 0.3) is 0 Å². The van der Waals surface area contributed by atoms with E-state index in [4.69, 9.17) is 4.74 Å². The molecular formula is C21H34F3IN4O. The molecule has 0 saturated carbocycles. The standard InChI is InChI=1S/C21H33F3N4O.HI/c1-3-25-20(27-12-19-9-10-28(13-19)16-21(22,23)24)26-11-17(2)14-29-15-18-7-5-4-6-8-18;/h4-8,17,19H,3,9-16H2,1-2H3,(H2,25,26,27);1H. The minimum absolute atomic E-state index is 0. The Bertz CT molecular complexity index is 616. The van der Waals surface area contributed by atoms with Crippen molar-refractivity contribution in [1.29, 1.82) is 0 Å². The van der Waals surface area contributed by atoms with Crippen LogP contribution in [0, 0.1) is 11.8 Å². The van der Waals surface area contributed by atoms with Gasteiger partial charge in [-0.15, -0.1) is 24.0 Å². The number of rotatable bonds is 10. The van der Waals surface area contributed by atoms with Crippen LogP contribution in [0.1, 0.15) is 25.8 Å². The Labute approximate surface area is 194 Å². The van der Waals surface area contributed by atoms with Crippen LogP contribution < -0.4 is 10.6 Å². The summed E-state index contributed by atoms with van der Waals surface area (Å²) in [7, 11) is 0. The molecule has 2 N–H and O–H groups in total. The van der Waals surface area contributed by atoms with E-state index in [0.29, 0.717) is 45.4 Å². The number of benzene rings is 1. The number of nitrogens with one attached hydrogen (secondary N) is 2. The second-order valence-corrected chi connectivity index (χ2v) is 7.71. The van der Waals surface area contributed by atoms with Crippen molar-refractivity contribution in [3.8, 4) is 0 Å². The molecule has 1 fully saturated rings. The van der Waals surface area contributed by atoms with Gasteiger partial charge in [0.2, 0.25) is 0 Å². The lowest BCUT2D eigenvalue weighted by atomic mass is 10.1. The van der Waals surface area contributed by atoms with E-state index in [-0.39, 0.29) is 35.8 Å². The fraction of sp³-hybridized carbons (Fsp3) is 0.667. The highest BCUT2D eigenvalue weighted by Crippen LogP contribution is 2.22. The molecule has 30 heavy (non-hydrogen) atoms. The molecule has 1 aromatic rings. The lowest BCUT2D eigenvalue weighted by Gasteiger charge is -2.19. The summed E-state index contributed by atoms with van der Waals surface area (Å²) in [4.78, 5) is 6.07. The molecule has 1 aromatic carbocycles. The van der Waals surface area contributed by atoms with Crippen molar-refractivity contribution in [2.24, 2.45) is 16.8 Å². The maximum absolute atomic E-state index is 12.5. The first-order valence-electron chi connectivity index (χ1n) is 10.3. The van der Waals surface area contributed by atoms with E-state index in [1.54, 1.807) is 0 Å². The SMILES string of the molecule is CCNC(=NCC(C)COCc1ccccc1)NCC1CCN(CC(F)(F)F)C1.I. The van der Waals surface area contributed by atoms with Crippen LogP contribution in [0.5, 0.6) is 0 Å². The Hall–Kier alpha value is -1.07. The first-order chi connectivity index (χ1) is 13.9. The van der Waals surface area contributed by atoms with Gasteiger partial charge in [-0.05, 0) is 37.3 Å². The number of nitrogens with zero attached hydrogens (tertiary/aromatic N) is 2. The van der Waals surface area contributed by atoms with E-state index in [1.807, 2.05) is 37.3 Å². The van der Waals surface area contributed by atoms with Gasteiger partial charge in [-0.25, -0.2) is 0 Å².